The summed E-state index contributed by atoms with van der Waals surface area (Å²) in [5.41, 5.74) is 5.27. The largest absolute Gasteiger partial charge is 0.490 e. The Bertz CT molecular complexity index is 993. The van der Waals surface area contributed by atoms with Crippen molar-refractivity contribution in [2.45, 2.75) is 130 Å². The molecule has 1 aromatic carbocycles. The van der Waals surface area contributed by atoms with Crippen molar-refractivity contribution < 1.29 is 14.3 Å². The molecule has 0 bridgehead atoms. The van der Waals surface area contributed by atoms with Gasteiger partial charge >= 0.3 is 5.97 Å². The molecule has 0 spiro atoms. The average molecular weight is 481 g/mol. The van der Waals surface area contributed by atoms with Crippen LogP contribution in [0.5, 0.6) is 5.75 Å². The van der Waals surface area contributed by atoms with Gasteiger partial charge in [0.2, 0.25) is 0 Å². The Morgan fingerprint density at radius 1 is 1.09 bits per heavy atom. The Hall–Kier alpha value is -1.51. The average Bonchev–Trinajstić information content (AvgIpc) is 2.74. The summed E-state index contributed by atoms with van der Waals surface area (Å²) in [7, 11) is 0. The molecule has 2 fully saturated rings. The molecule has 4 aliphatic rings. The quantitative estimate of drug-likeness (QED) is 0.411. The maximum Gasteiger partial charge on any atom is 0.302 e. The lowest BCUT2D eigenvalue weighted by atomic mass is 9.40. The summed E-state index contributed by atoms with van der Waals surface area (Å²) in [4.78, 5) is 11.8. The van der Waals surface area contributed by atoms with Crippen LogP contribution in [0.3, 0.4) is 0 Å². The Morgan fingerprint density at radius 2 is 1.83 bits per heavy atom. The third kappa shape index (κ3) is 3.86. The topological polar surface area (TPSA) is 35.5 Å². The summed E-state index contributed by atoms with van der Waals surface area (Å²) in [6.45, 7) is 18.5. The minimum atomic E-state index is -0.129. The monoisotopic (exact) mass is 480 g/mol. The molecule has 3 heteroatoms. The van der Waals surface area contributed by atoms with Crippen LogP contribution in [0.4, 0.5) is 0 Å². The molecular formula is C32H48O3. The molecule has 0 radical (unpaired) electrons. The predicted octanol–water partition coefficient (Wildman–Crippen LogP) is 7.98. The smallest absolute Gasteiger partial charge is 0.302 e. The highest BCUT2D eigenvalue weighted by Gasteiger charge is 2.62. The fourth-order valence-electron chi connectivity index (χ4n) is 9.70. The fourth-order valence-corrected chi connectivity index (χ4v) is 9.70. The van der Waals surface area contributed by atoms with Gasteiger partial charge in [0.05, 0.1) is 6.10 Å². The molecule has 7 atom stereocenters. The molecule has 0 saturated heterocycles. The second-order valence-corrected chi connectivity index (χ2v) is 14.1. The number of fused-ring (bicyclic) bond motifs is 7. The first-order valence-corrected chi connectivity index (χ1v) is 14.4. The van der Waals surface area contributed by atoms with Crippen LogP contribution in [0.25, 0.3) is 0 Å². The van der Waals surface area contributed by atoms with E-state index in [9.17, 15) is 4.79 Å². The van der Waals surface area contributed by atoms with Gasteiger partial charge in [-0.05, 0) is 103 Å². The normalized spacial score (nSPS) is 39.5. The molecule has 5 rings (SSSR count). The molecule has 0 unspecified atom stereocenters. The second kappa shape index (κ2) is 8.52. The third-order valence-electron chi connectivity index (χ3n) is 11.0. The Kier molecular flexibility index (Phi) is 6.12. The van der Waals surface area contributed by atoms with Crippen molar-refractivity contribution in [1.29, 1.82) is 0 Å². The first-order chi connectivity index (χ1) is 16.4. The molecule has 3 nitrogen and oxygen atoms in total. The number of hydrogen-bond donors (Lipinski definition) is 0. The van der Waals surface area contributed by atoms with Gasteiger partial charge in [0.1, 0.15) is 11.9 Å². The molecule has 0 amide bonds. The number of rotatable bonds is 3. The van der Waals surface area contributed by atoms with Gasteiger partial charge in [-0.3, -0.25) is 4.79 Å². The summed E-state index contributed by atoms with van der Waals surface area (Å²) in [5, 5.41) is 0. The molecule has 1 aromatic rings. The first kappa shape index (κ1) is 25.2. The third-order valence-corrected chi connectivity index (χ3v) is 11.0. The molecule has 194 valence electrons. The predicted molar refractivity (Wildman–Crippen MR) is 142 cm³/mol. The molecule has 0 aromatic heterocycles. The van der Waals surface area contributed by atoms with Gasteiger partial charge in [-0.2, -0.15) is 0 Å². The lowest BCUT2D eigenvalue weighted by Gasteiger charge is -2.65. The second-order valence-electron chi connectivity index (χ2n) is 14.1. The van der Waals surface area contributed by atoms with E-state index < -0.39 is 0 Å². The van der Waals surface area contributed by atoms with Crippen LogP contribution >= 0.6 is 0 Å². The zero-order valence-electron chi connectivity index (χ0n) is 23.5. The van der Waals surface area contributed by atoms with E-state index in [1.807, 2.05) is 0 Å². The Morgan fingerprint density at radius 3 is 2.51 bits per heavy atom. The van der Waals surface area contributed by atoms with Gasteiger partial charge in [-0.25, -0.2) is 0 Å². The first-order valence-electron chi connectivity index (χ1n) is 14.4. The number of hydrogen-bond acceptors (Lipinski definition) is 3. The standard InChI is InChI=1S/C32H48O3/c1-19(2)17-22-18-20(3)29-23-9-12-27-31(7,24(23)10-11-25(29)35-22)15-13-26-30(5,6)28(34-21(4)33)14-16-32(26,27)8/h10-11,19-20,22,26-28H,9,12-18H2,1-8H3/t20-,22+,26-,27+,28+,31+,32+/m1/s1. The highest BCUT2D eigenvalue weighted by Crippen LogP contribution is 2.67. The van der Waals surface area contributed by atoms with Gasteiger partial charge < -0.3 is 9.47 Å². The van der Waals surface area contributed by atoms with E-state index >= 15 is 0 Å². The van der Waals surface area contributed by atoms with Crippen molar-refractivity contribution in [3.05, 3.63) is 28.8 Å². The zero-order chi connectivity index (χ0) is 25.3. The number of carbonyl (C=O) groups excluding carboxylic acids is 1. The summed E-state index contributed by atoms with van der Waals surface area (Å²) < 4.78 is 12.5. The summed E-state index contributed by atoms with van der Waals surface area (Å²) in [6, 6.07) is 4.77. The van der Waals surface area contributed by atoms with Crippen molar-refractivity contribution in [1.82, 2.24) is 0 Å². The van der Waals surface area contributed by atoms with Crippen LogP contribution in [0.15, 0.2) is 12.1 Å². The lowest BCUT2D eigenvalue weighted by Crippen LogP contribution is -2.61. The molecule has 2 saturated carbocycles. The molecule has 1 aliphatic heterocycles. The van der Waals surface area contributed by atoms with E-state index in [4.69, 9.17) is 9.47 Å². The summed E-state index contributed by atoms with van der Waals surface area (Å²) >= 11 is 0. The van der Waals surface area contributed by atoms with E-state index in [1.54, 1.807) is 18.1 Å². The van der Waals surface area contributed by atoms with E-state index in [2.05, 4.69) is 60.6 Å². The van der Waals surface area contributed by atoms with Crippen LogP contribution in [0, 0.1) is 28.6 Å². The number of esters is 1. The van der Waals surface area contributed by atoms with Gasteiger partial charge in [0.15, 0.2) is 0 Å². The van der Waals surface area contributed by atoms with Gasteiger partial charge in [0, 0.05) is 17.9 Å². The SMILES string of the molecule is CC(=O)O[C@H]1CC[C@@]2(C)[C@H](CC[C@@]3(C)c4ccc5c(c4CC[C@H]23)[C@H](C)C[C@H](CC(C)C)O5)C1(C)C. The van der Waals surface area contributed by atoms with Gasteiger partial charge in [0.25, 0.3) is 0 Å². The van der Waals surface area contributed by atoms with Crippen LogP contribution in [-0.2, 0) is 21.4 Å². The van der Waals surface area contributed by atoms with Crippen molar-refractivity contribution in [2.75, 3.05) is 0 Å². The number of ether oxygens (including phenoxy) is 2. The van der Waals surface area contributed by atoms with Crippen molar-refractivity contribution >= 4 is 5.97 Å². The summed E-state index contributed by atoms with van der Waals surface area (Å²) in [6.07, 6.45) is 9.73. The molecule has 3 aliphatic carbocycles. The van der Waals surface area contributed by atoms with Crippen LogP contribution in [-0.4, -0.2) is 18.2 Å². The van der Waals surface area contributed by atoms with E-state index in [1.165, 1.54) is 31.2 Å². The van der Waals surface area contributed by atoms with Crippen molar-refractivity contribution in [3.8, 4) is 5.75 Å². The van der Waals surface area contributed by atoms with E-state index in [0.717, 1.165) is 31.4 Å². The Balaban J connectivity index is 1.48. The van der Waals surface area contributed by atoms with Gasteiger partial charge in [-0.15, -0.1) is 0 Å². The highest BCUT2D eigenvalue weighted by molar-refractivity contribution is 5.66. The lowest BCUT2D eigenvalue weighted by molar-refractivity contribution is -0.185. The van der Waals surface area contributed by atoms with E-state index in [-0.39, 0.29) is 28.3 Å². The van der Waals surface area contributed by atoms with Crippen LogP contribution in [0.1, 0.15) is 123 Å². The maximum atomic E-state index is 11.8. The number of benzene rings is 1. The fraction of sp³-hybridized carbons (Fsp3) is 0.781. The zero-order valence-corrected chi connectivity index (χ0v) is 23.5. The minimum absolute atomic E-state index is 0.0178. The molecule has 0 N–H and O–H groups in total. The summed E-state index contributed by atoms with van der Waals surface area (Å²) in [5.74, 6) is 3.54. The number of carbonyl (C=O) groups is 1. The molecular weight excluding hydrogens is 432 g/mol. The maximum absolute atomic E-state index is 11.8. The van der Waals surface area contributed by atoms with E-state index in [0.29, 0.717) is 29.8 Å². The van der Waals surface area contributed by atoms with Crippen LogP contribution < -0.4 is 4.74 Å². The van der Waals surface area contributed by atoms with Crippen LogP contribution in [0.2, 0.25) is 0 Å². The minimum Gasteiger partial charge on any atom is -0.490 e. The molecule has 1 heterocycles. The highest BCUT2D eigenvalue weighted by atomic mass is 16.5. The van der Waals surface area contributed by atoms with Gasteiger partial charge in [-0.1, -0.05) is 54.5 Å². The van der Waals surface area contributed by atoms with Crippen molar-refractivity contribution in [2.24, 2.45) is 28.6 Å². The Labute approximate surface area is 213 Å². The molecule has 35 heavy (non-hydrogen) atoms. The van der Waals surface area contributed by atoms with Crippen molar-refractivity contribution in [3.63, 3.8) is 0 Å².